The molecule has 1 spiro atoms. The standard InChI is InChI=1S/C23H29F3N2O/c24-23(25,26)19-9-5-4-8-18(19)15-27-21(29)20-14-22(20)10-12-28(13-11-22)16-17-6-2-1-3-7-17/h1-2,4-5,8-9,17,20H,3,6-7,10-16H2,(H,27,29). The smallest absolute Gasteiger partial charge is 0.352 e. The van der Waals surface area contributed by atoms with Crippen molar-refractivity contribution in [2.24, 2.45) is 17.3 Å². The van der Waals surface area contributed by atoms with E-state index in [-0.39, 0.29) is 29.3 Å². The number of hydrogen-bond acceptors (Lipinski definition) is 2. The van der Waals surface area contributed by atoms with Crippen molar-refractivity contribution in [2.75, 3.05) is 19.6 Å². The van der Waals surface area contributed by atoms with Gasteiger partial charge < -0.3 is 10.2 Å². The van der Waals surface area contributed by atoms with Crippen LogP contribution in [0.3, 0.4) is 0 Å². The lowest BCUT2D eigenvalue weighted by Crippen LogP contribution is -2.39. The van der Waals surface area contributed by atoms with E-state index >= 15 is 0 Å². The molecular formula is C23H29F3N2O. The second-order valence-electron chi connectivity index (χ2n) is 8.94. The lowest BCUT2D eigenvalue weighted by Gasteiger charge is -2.35. The zero-order chi connectivity index (χ0) is 20.5. The first kappa shape index (κ1) is 20.5. The minimum atomic E-state index is -4.40. The number of halogens is 3. The number of carbonyl (C=O) groups excluding carboxylic acids is 1. The minimum Gasteiger partial charge on any atom is -0.352 e. The molecule has 3 aliphatic rings. The molecule has 2 unspecified atom stereocenters. The molecule has 1 N–H and O–H groups in total. The summed E-state index contributed by atoms with van der Waals surface area (Å²) >= 11 is 0. The molecule has 0 aromatic heterocycles. The van der Waals surface area contributed by atoms with Crippen molar-refractivity contribution < 1.29 is 18.0 Å². The van der Waals surface area contributed by atoms with Gasteiger partial charge in [-0.1, -0.05) is 30.4 Å². The van der Waals surface area contributed by atoms with Gasteiger partial charge in [-0.15, -0.1) is 0 Å². The maximum atomic E-state index is 13.1. The van der Waals surface area contributed by atoms with Crippen LogP contribution >= 0.6 is 0 Å². The van der Waals surface area contributed by atoms with E-state index in [9.17, 15) is 18.0 Å². The summed E-state index contributed by atoms with van der Waals surface area (Å²) in [6.07, 6.45) is 6.69. The minimum absolute atomic E-state index is 0.0414. The Morgan fingerprint density at radius 3 is 2.62 bits per heavy atom. The van der Waals surface area contributed by atoms with Crippen LogP contribution in [0, 0.1) is 17.3 Å². The van der Waals surface area contributed by atoms with Crippen LogP contribution in [0.15, 0.2) is 36.4 Å². The number of amides is 1. The molecule has 2 aliphatic carbocycles. The maximum absolute atomic E-state index is 13.1. The van der Waals surface area contributed by atoms with E-state index in [4.69, 9.17) is 0 Å². The summed E-state index contributed by atoms with van der Waals surface area (Å²) in [5.41, 5.74) is -0.465. The highest BCUT2D eigenvalue weighted by atomic mass is 19.4. The number of nitrogens with one attached hydrogen (secondary N) is 1. The van der Waals surface area contributed by atoms with Crippen LogP contribution < -0.4 is 5.32 Å². The Balaban J connectivity index is 1.26. The van der Waals surface area contributed by atoms with Gasteiger partial charge in [-0.05, 0) is 74.6 Å². The molecule has 1 amide bonds. The highest BCUT2D eigenvalue weighted by Gasteiger charge is 2.58. The van der Waals surface area contributed by atoms with Gasteiger partial charge in [0.15, 0.2) is 0 Å². The van der Waals surface area contributed by atoms with E-state index in [1.54, 1.807) is 6.07 Å². The highest BCUT2D eigenvalue weighted by Crippen LogP contribution is 2.59. The van der Waals surface area contributed by atoms with E-state index in [0.717, 1.165) is 50.9 Å². The van der Waals surface area contributed by atoms with Gasteiger partial charge in [0.25, 0.3) is 0 Å². The van der Waals surface area contributed by atoms with Crippen molar-refractivity contribution in [1.29, 1.82) is 0 Å². The molecule has 29 heavy (non-hydrogen) atoms. The van der Waals surface area contributed by atoms with Crippen LogP contribution in [0.5, 0.6) is 0 Å². The number of nitrogens with zero attached hydrogens (tertiary/aromatic N) is 1. The summed E-state index contributed by atoms with van der Waals surface area (Å²) in [5.74, 6) is 0.620. The summed E-state index contributed by atoms with van der Waals surface area (Å²) < 4.78 is 39.3. The van der Waals surface area contributed by atoms with Gasteiger partial charge in [-0.25, -0.2) is 0 Å². The molecule has 1 aliphatic heterocycles. The number of likely N-dealkylation sites (tertiary alicyclic amines) is 1. The van der Waals surface area contributed by atoms with Crippen molar-refractivity contribution >= 4 is 5.91 Å². The van der Waals surface area contributed by atoms with E-state index in [2.05, 4.69) is 22.4 Å². The Bertz CT molecular complexity index is 766. The van der Waals surface area contributed by atoms with Crippen molar-refractivity contribution in [3.63, 3.8) is 0 Å². The second-order valence-corrected chi connectivity index (χ2v) is 8.94. The first-order valence-electron chi connectivity index (χ1n) is 10.7. The monoisotopic (exact) mass is 406 g/mol. The number of hydrogen-bond donors (Lipinski definition) is 1. The molecule has 0 radical (unpaired) electrons. The Hall–Kier alpha value is -1.82. The van der Waals surface area contributed by atoms with Gasteiger partial charge in [0.2, 0.25) is 5.91 Å². The topological polar surface area (TPSA) is 32.3 Å². The summed E-state index contributed by atoms with van der Waals surface area (Å²) in [7, 11) is 0. The maximum Gasteiger partial charge on any atom is 0.416 e. The zero-order valence-corrected chi connectivity index (χ0v) is 16.7. The van der Waals surface area contributed by atoms with Gasteiger partial charge in [0.05, 0.1) is 5.56 Å². The van der Waals surface area contributed by atoms with E-state index in [0.29, 0.717) is 0 Å². The van der Waals surface area contributed by atoms with Crippen molar-refractivity contribution in [1.82, 2.24) is 10.2 Å². The number of piperidine rings is 1. The number of benzene rings is 1. The Labute approximate surface area is 170 Å². The molecule has 3 nitrogen and oxygen atoms in total. The summed E-state index contributed by atoms with van der Waals surface area (Å²) in [5, 5.41) is 2.76. The zero-order valence-electron chi connectivity index (χ0n) is 16.7. The molecule has 6 heteroatoms. The van der Waals surface area contributed by atoms with Crippen LogP contribution in [-0.2, 0) is 17.5 Å². The van der Waals surface area contributed by atoms with Gasteiger partial charge in [0, 0.05) is 19.0 Å². The quantitative estimate of drug-likeness (QED) is 0.714. The Morgan fingerprint density at radius 2 is 1.93 bits per heavy atom. The molecule has 2 fully saturated rings. The van der Waals surface area contributed by atoms with Crippen LogP contribution in [0.25, 0.3) is 0 Å². The summed E-state index contributed by atoms with van der Waals surface area (Å²) in [4.78, 5) is 15.1. The molecule has 1 aromatic carbocycles. The average molecular weight is 406 g/mol. The normalized spacial score (nSPS) is 26.4. The summed E-state index contributed by atoms with van der Waals surface area (Å²) in [6.45, 7) is 3.13. The van der Waals surface area contributed by atoms with E-state index in [1.807, 2.05) is 0 Å². The fourth-order valence-electron chi connectivity index (χ4n) is 5.10. The average Bonchev–Trinajstić information content (AvgIpc) is 3.42. The van der Waals surface area contributed by atoms with Gasteiger partial charge in [0.1, 0.15) is 0 Å². The third-order valence-electron chi connectivity index (χ3n) is 7.03. The van der Waals surface area contributed by atoms with E-state index in [1.165, 1.54) is 31.4 Å². The first-order valence-corrected chi connectivity index (χ1v) is 10.7. The van der Waals surface area contributed by atoms with Crippen LogP contribution in [0.1, 0.15) is 49.7 Å². The number of rotatable bonds is 5. The SMILES string of the molecule is O=C(NCc1ccccc1C(F)(F)F)C1CC12CCN(CC1CC=CCC1)CC2. The highest BCUT2D eigenvalue weighted by molar-refractivity contribution is 5.82. The number of carbonyl (C=O) groups is 1. The molecule has 1 aromatic rings. The van der Waals surface area contributed by atoms with Crippen molar-refractivity contribution in [3.8, 4) is 0 Å². The third-order valence-corrected chi connectivity index (χ3v) is 7.03. The third kappa shape index (κ3) is 4.68. The van der Waals surface area contributed by atoms with Crippen LogP contribution in [-0.4, -0.2) is 30.4 Å². The lowest BCUT2D eigenvalue weighted by molar-refractivity contribution is -0.138. The van der Waals surface area contributed by atoms with Crippen molar-refractivity contribution in [2.45, 2.75) is 51.2 Å². The fourth-order valence-corrected chi connectivity index (χ4v) is 5.10. The molecule has 2 atom stereocenters. The fraction of sp³-hybridized carbons (Fsp3) is 0.609. The lowest BCUT2D eigenvalue weighted by atomic mass is 9.88. The number of allylic oxidation sites excluding steroid dienone is 2. The van der Waals surface area contributed by atoms with Gasteiger partial charge in [-0.2, -0.15) is 13.2 Å². The molecule has 1 heterocycles. The predicted octanol–water partition coefficient (Wildman–Crippen LogP) is 4.78. The van der Waals surface area contributed by atoms with Crippen LogP contribution in [0.2, 0.25) is 0 Å². The largest absolute Gasteiger partial charge is 0.416 e. The summed E-state index contributed by atoms with van der Waals surface area (Å²) in [6, 6.07) is 5.46. The Kier molecular flexibility index (Phi) is 5.74. The molecule has 1 saturated heterocycles. The molecule has 0 bridgehead atoms. The van der Waals surface area contributed by atoms with Crippen molar-refractivity contribution in [3.05, 3.63) is 47.5 Å². The van der Waals surface area contributed by atoms with E-state index < -0.39 is 11.7 Å². The molecule has 1 saturated carbocycles. The first-order chi connectivity index (χ1) is 13.9. The molecular weight excluding hydrogens is 377 g/mol. The van der Waals surface area contributed by atoms with Gasteiger partial charge in [-0.3, -0.25) is 4.79 Å². The Morgan fingerprint density at radius 1 is 1.17 bits per heavy atom. The van der Waals surface area contributed by atoms with Gasteiger partial charge >= 0.3 is 6.18 Å². The molecule has 4 rings (SSSR count). The number of alkyl halides is 3. The molecule has 158 valence electrons. The van der Waals surface area contributed by atoms with Crippen LogP contribution in [0.4, 0.5) is 13.2 Å². The predicted molar refractivity (Wildman–Crippen MR) is 106 cm³/mol. The second kappa shape index (κ2) is 8.13.